The summed E-state index contributed by atoms with van der Waals surface area (Å²) in [7, 11) is 1.54. The number of benzene rings is 6. The van der Waals surface area contributed by atoms with Gasteiger partial charge in [0.2, 0.25) is 0 Å². The standard InChI is InChI=1S/C50H54O9/c1-52-49-47(51)44(34-53-29-37-16-6-2-7-17-37)59-50(49)58-36-46(56-32-39-20-10-4-11-21-39)48(57-33-40-22-12-5-13-23-40)45(55-31-38-18-8-3-9-19-38)35-54-30-41-26-27-42-24-14-15-25-43(42)28-41/h2-28,44-51H,29-36H2,1H3. The van der Waals surface area contributed by atoms with Gasteiger partial charge in [0.1, 0.15) is 36.6 Å². The summed E-state index contributed by atoms with van der Waals surface area (Å²) < 4.78 is 51.3. The van der Waals surface area contributed by atoms with E-state index in [2.05, 4.69) is 30.3 Å². The fraction of sp³-hybridized carbons (Fsp3) is 0.320. The van der Waals surface area contributed by atoms with Gasteiger partial charge >= 0.3 is 0 Å². The summed E-state index contributed by atoms with van der Waals surface area (Å²) in [6.45, 7) is 2.10. The molecule has 0 aliphatic carbocycles. The monoisotopic (exact) mass is 798 g/mol. The predicted octanol–water partition coefficient (Wildman–Crippen LogP) is 8.45. The quantitative estimate of drug-likeness (QED) is 0.0686. The Morgan fingerprint density at radius 3 is 1.58 bits per heavy atom. The van der Waals surface area contributed by atoms with Crippen LogP contribution >= 0.6 is 0 Å². The lowest BCUT2D eigenvalue weighted by molar-refractivity contribution is -0.221. The van der Waals surface area contributed by atoms with Crippen LogP contribution in [0.3, 0.4) is 0 Å². The summed E-state index contributed by atoms with van der Waals surface area (Å²) in [4.78, 5) is 0. The van der Waals surface area contributed by atoms with Crippen molar-refractivity contribution >= 4 is 10.8 Å². The van der Waals surface area contributed by atoms with Crippen molar-refractivity contribution in [1.82, 2.24) is 0 Å². The Labute approximate surface area is 347 Å². The van der Waals surface area contributed by atoms with E-state index < -0.39 is 42.9 Å². The van der Waals surface area contributed by atoms with E-state index in [1.54, 1.807) is 0 Å². The molecule has 0 saturated carbocycles. The third kappa shape index (κ3) is 12.6. The normalized spacial score (nSPS) is 19.4. The highest BCUT2D eigenvalue weighted by Gasteiger charge is 2.46. The van der Waals surface area contributed by atoms with Gasteiger partial charge in [-0.25, -0.2) is 0 Å². The number of hydrogen-bond acceptors (Lipinski definition) is 9. The van der Waals surface area contributed by atoms with Crippen LogP contribution in [0.4, 0.5) is 0 Å². The molecular weight excluding hydrogens is 745 g/mol. The molecule has 0 radical (unpaired) electrons. The van der Waals surface area contributed by atoms with Gasteiger partial charge in [-0.05, 0) is 44.7 Å². The summed E-state index contributed by atoms with van der Waals surface area (Å²) in [5, 5.41) is 13.6. The Morgan fingerprint density at radius 2 is 1.00 bits per heavy atom. The molecule has 0 bridgehead atoms. The Balaban J connectivity index is 1.12. The lowest BCUT2D eigenvalue weighted by atomic mass is 10.1. The molecular formula is C50H54O9. The van der Waals surface area contributed by atoms with Gasteiger partial charge in [-0.15, -0.1) is 0 Å². The molecule has 7 unspecified atom stereocenters. The van der Waals surface area contributed by atoms with Crippen LogP contribution in [-0.4, -0.2) is 75.0 Å². The van der Waals surface area contributed by atoms with Crippen molar-refractivity contribution in [2.24, 2.45) is 0 Å². The molecule has 1 saturated heterocycles. The third-order valence-corrected chi connectivity index (χ3v) is 10.4. The molecule has 1 aliphatic heterocycles. The van der Waals surface area contributed by atoms with E-state index >= 15 is 0 Å². The van der Waals surface area contributed by atoms with E-state index in [-0.39, 0.29) is 19.8 Å². The van der Waals surface area contributed by atoms with Crippen molar-refractivity contribution in [1.29, 1.82) is 0 Å². The zero-order valence-electron chi connectivity index (χ0n) is 33.5. The van der Waals surface area contributed by atoms with Gasteiger partial charge in [-0.3, -0.25) is 0 Å². The Bertz CT molecular complexity index is 2070. The number of methoxy groups -OCH3 is 1. The second kappa shape index (κ2) is 22.6. The van der Waals surface area contributed by atoms with E-state index in [1.165, 1.54) is 12.5 Å². The number of ether oxygens (including phenoxy) is 8. The SMILES string of the molecule is COC1C(OCC(OCc2ccccc2)C(OCc2ccccc2)C(COCc2ccc3ccccc3c2)OCc2ccccc2)OC(COCc2ccccc2)C1O. The molecule has 7 rings (SSSR count). The van der Waals surface area contributed by atoms with Crippen molar-refractivity contribution < 1.29 is 43.0 Å². The Morgan fingerprint density at radius 1 is 0.508 bits per heavy atom. The van der Waals surface area contributed by atoms with E-state index in [9.17, 15) is 5.11 Å². The molecule has 1 fully saturated rings. The number of aliphatic hydroxyl groups is 1. The summed E-state index contributed by atoms with van der Waals surface area (Å²) in [5.41, 5.74) is 5.09. The highest BCUT2D eigenvalue weighted by atomic mass is 16.7. The minimum absolute atomic E-state index is 0.0387. The average molecular weight is 799 g/mol. The van der Waals surface area contributed by atoms with E-state index in [0.29, 0.717) is 33.0 Å². The number of hydrogen-bond donors (Lipinski definition) is 1. The van der Waals surface area contributed by atoms with E-state index in [0.717, 1.165) is 33.2 Å². The number of fused-ring (bicyclic) bond motifs is 1. The van der Waals surface area contributed by atoms with Gasteiger partial charge in [-0.1, -0.05) is 158 Å². The van der Waals surface area contributed by atoms with Crippen molar-refractivity contribution in [3.8, 4) is 0 Å². The van der Waals surface area contributed by atoms with Gasteiger partial charge in [0.25, 0.3) is 0 Å². The average Bonchev–Trinajstić information content (AvgIpc) is 3.60. The lowest BCUT2D eigenvalue weighted by Crippen LogP contribution is -2.48. The van der Waals surface area contributed by atoms with Crippen LogP contribution in [0.2, 0.25) is 0 Å². The molecule has 308 valence electrons. The largest absolute Gasteiger partial charge is 0.387 e. The topological polar surface area (TPSA) is 94.1 Å². The highest BCUT2D eigenvalue weighted by molar-refractivity contribution is 5.82. The van der Waals surface area contributed by atoms with Crippen molar-refractivity contribution in [3.05, 3.63) is 192 Å². The summed E-state index contributed by atoms with van der Waals surface area (Å²) in [5.74, 6) is 0. The van der Waals surface area contributed by atoms with Gasteiger partial charge in [0.15, 0.2) is 6.29 Å². The first-order valence-corrected chi connectivity index (χ1v) is 20.2. The first-order valence-electron chi connectivity index (χ1n) is 20.2. The molecule has 0 aromatic heterocycles. The molecule has 9 nitrogen and oxygen atoms in total. The van der Waals surface area contributed by atoms with E-state index in [1.807, 2.05) is 133 Å². The summed E-state index contributed by atoms with van der Waals surface area (Å²) >= 11 is 0. The minimum Gasteiger partial charge on any atom is -0.387 e. The van der Waals surface area contributed by atoms with Gasteiger partial charge in [0, 0.05) is 7.11 Å². The molecule has 1 heterocycles. The van der Waals surface area contributed by atoms with E-state index in [4.69, 9.17) is 37.9 Å². The van der Waals surface area contributed by atoms with Crippen LogP contribution in [0.25, 0.3) is 10.8 Å². The molecule has 6 aromatic carbocycles. The first kappa shape index (κ1) is 42.3. The number of rotatable bonds is 23. The molecule has 59 heavy (non-hydrogen) atoms. The second-order valence-electron chi connectivity index (χ2n) is 14.7. The van der Waals surface area contributed by atoms with Crippen LogP contribution in [0.5, 0.6) is 0 Å². The first-order chi connectivity index (χ1) is 29.1. The Hall–Kier alpha value is -4.78. The van der Waals surface area contributed by atoms with Crippen LogP contribution in [0, 0.1) is 0 Å². The van der Waals surface area contributed by atoms with Crippen LogP contribution in [0.15, 0.2) is 164 Å². The lowest BCUT2D eigenvalue weighted by Gasteiger charge is -2.34. The molecule has 9 heteroatoms. The predicted molar refractivity (Wildman–Crippen MR) is 226 cm³/mol. The summed E-state index contributed by atoms with van der Waals surface area (Å²) in [6.07, 6.45) is -5.21. The summed E-state index contributed by atoms with van der Waals surface area (Å²) in [6, 6.07) is 54.6. The van der Waals surface area contributed by atoms with Crippen LogP contribution < -0.4 is 0 Å². The smallest absolute Gasteiger partial charge is 0.187 e. The second-order valence-corrected chi connectivity index (χ2v) is 14.7. The van der Waals surface area contributed by atoms with Gasteiger partial charge in [0.05, 0.1) is 52.9 Å². The zero-order chi connectivity index (χ0) is 40.5. The molecule has 7 atom stereocenters. The highest BCUT2D eigenvalue weighted by Crippen LogP contribution is 2.27. The molecule has 0 spiro atoms. The Kier molecular flexibility index (Phi) is 16.2. The third-order valence-electron chi connectivity index (χ3n) is 10.4. The minimum atomic E-state index is -0.972. The van der Waals surface area contributed by atoms with Crippen molar-refractivity contribution in [3.63, 3.8) is 0 Å². The fourth-order valence-electron chi connectivity index (χ4n) is 7.15. The van der Waals surface area contributed by atoms with Crippen molar-refractivity contribution in [2.75, 3.05) is 26.9 Å². The fourth-order valence-corrected chi connectivity index (χ4v) is 7.15. The molecule has 1 N–H and O–H groups in total. The van der Waals surface area contributed by atoms with Gasteiger partial charge < -0.3 is 43.0 Å². The molecule has 0 amide bonds. The molecule has 1 aliphatic rings. The maximum atomic E-state index is 11.3. The van der Waals surface area contributed by atoms with Gasteiger partial charge in [-0.2, -0.15) is 0 Å². The van der Waals surface area contributed by atoms with Crippen LogP contribution in [0.1, 0.15) is 27.8 Å². The zero-order valence-corrected chi connectivity index (χ0v) is 33.5. The maximum absolute atomic E-state index is 11.3. The molecule has 6 aromatic rings. The number of aliphatic hydroxyl groups excluding tert-OH is 1. The van der Waals surface area contributed by atoms with Crippen molar-refractivity contribution in [2.45, 2.75) is 75.9 Å². The maximum Gasteiger partial charge on any atom is 0.187 e. The van der Waals surface area contributed by atoms with Crippen LogP contribution in [-0.2, 0) is 70.9 Å².